The van der Waals surface area contributed by atoms with Gasteiger partial charge in [-0.3, -0.25) is 4.79 Å². The predicted molar refractivity (Wildman–Crippen MR) is 75.8 cm³/mol. The number of hydrogen-bond donors (Lipinski definition) is 1. The van der Waals surface area contributed by atoms with Crippen molar-refractivity contribution < 1.29 is 19.4 Å². The smallest absolute Gasteiger partial charge is 0.339 e. The number of hydrogen-bond acceptors (Lipinski definition) is 4. The second-order valence-corrected chi connectivity index (χ2v) is 4.58. The van der Waals surface area contributed by atoms with E-state index in [9.17, 15) is 9.59 Å². The zero-order chi connectivity index (χ0) is 13.6. The van der Waals surface area contributed by atoms with E-state index >= 15 is 0 Å². The fraction of sp³-hybridized carbons (Fsp3) is 0.857. The standard InChI is InChI=1S/C14H26O4.Na/c1-2-3-4-5-6-7-8-9-10-11-13(16)18-14(17)12-15;/h15H,2-12H2,1H3;. The Morgan fingerprint density at radius 3 is 1.79 bits per heavy atom. The first-order valence-corrected chi connectivity index (χ1v) is 7.05. The molecule has 0 aromatic heterocycles. The molecule has 0 fully saturated rings. The fourth-order valence-corrected chi connectivity index (χ4v) is 1.79. The largest absolute Gasteiger partial charge is 0.391 e. The summed E-state index contributed by atoms with van der Waals surface area (Å²) in [6.45, 7) is 1.48. The average molecular weight is 281 g/mol. The van der Waals surface area contributed by atoms with Crippen LogP contribution in [0.4, 0.5) is 0 Å². The van der Waals surface area contributed by atoms with Gasteiger partial charge in [-0.1, -0.05) is 58.3 Å². The van der Waals surface area contributed by atoms with Gasteiger partial charge >= 0.3 is 11.9 Å². The van der Waals surface area contributed by atoms with Crippen molar-refractivity contribution in [2.75, 3.05) is 6.61 Å². The third-order valence-electron chi connectivity index (χ3n) is 2.84. The number of aliphatic hydroxyl groups excluding tert-OH is 1. The predicted octanol–water partition coefficient (Wildman–Crippen LogP) is 2.59. The molecule has 1 radical (unpaired) electrons. The molecule has 0 atom stereocenters. The van der Waals surface area contributed by atoms with Crippen LogP contribution in [-0.2, 0) is 14.3 Å². The number of ether oxygens (including phenoxy) is 1. The van der Waals surface area contributed by atoms with Crippen LogP contribution in [0.1, 0.15) is 71.1 Å². The maximum absolute atomic E-state index is 11.1. The third kappa shape index (κ3) is 16.0. The van der Waals surface area contributed by atoms with Crippen LogP contribution in [0.3, 0.4) is 0 Å². The maximum atomic E-state index is 11.1. The molecule has 0 aromatic carbocycles. The third-order valence-corrected chi connectivity index (χ3v) is 2.84. The van der Waals surface area contributed by atoms with E-state index in [1.807, 2.05) is 0 Å². The molecule has 0 amide bonds. The Morgan fingerprint density at radius 2 is 1.32 bits per heavy atom. The van der Waals surface area contributed by atoms with Crippen molar-refractivity contribution in [3.63, 3.8) is 0 Å². The zero-order valence-electron chi connectivity index (χ0n) is 12.5. The monoisotopic (exact) mass is 281 g/mol. The van der Waals surface area contributed by atoms with Gasteiger partial charge in [0.15, 0.2) is 0 Å². The molecular weight excluding hydrogens is 255 g/mol. The summed E-state index contributed by atoms with van der Waals surface area (Å²) >= 11 is 0. The van der Waals surface area contributed by atoms with Crippen molar-refractivity contribution in [2.45, 2.75) is 71.1 Å². The Kier molecular flexibility index (Phi) is 18.2. The van der Waals surface area contributed by atoms with Gasteiger partial charge in [-0.15, -0.1) is 0 Å². The van der Waals surface area contributed by atoms with E-state index in [-0.39, 0.29) is 36.0 Å². The Hall–Kier alpha value is 0.1000. The van der Waals surface area contributed by atoms with E-state index < -0.39 is 18.5 Å². The number of unbranched alkanes of at least 4 members (excludes halogenated alkanes) is 8. The molecule has 1 N–H and O–H groups in total. The summed E-state index contributed by atoms with van der Waals surface area (Å²) < 4.78 is 4.34. The summed E-state index contributed by atoms with van der Waals surface area (Å²) in [4.78, 5) is 21.7. The van der Waals surface area contributed by atoms with E-state index in [0.717, 1.165) is 19.3 Å². The summed E-state index contributed by atoms with van der Waals surface area (Å²) in [6.07, 6.45) is 10.9. The Morgan fingerprint density at radius 1 is 0.842 bits per heavy atom. The van der Waals surface area contributed by atoms with Crippen LogP contribution >= 0.6 is 0 Å². The van der Waals surface area contributed by atoms with Gasteiger partial charge in [0.1, 0.15) is 6.61 Å². The van der Waals surface area contributed by atoms with Crippen LogP contribution < -0.4 is 0 Å². The van der Waals surface area contributed by atoms with Gasteiger partial charge < -0.3 is 9.84 Å². The molecule has 0 heterocycles. The fourth-order valence-electron chi connectivity index (χ4n) is 1.79. The zero-order valence-corrected chi connectivity index (χ0v) is 14.5. The van der Waals surface area contributed by atoms with E-state index in [0.29, 0.717) is 0 Å². The molecule has 19 heavy (non-hydrogen) atoms. The Labute approximate surface area is 138 Å². The minimum absolute atomic E-state index is 0. The minimum Gasteiger partial charge on any atom is -0.391 e. The van der Waals surface area contributed by atoms with Crippen molar-refractivity contribution in [2.24, 2.45) is 0 Å². The summed E-state index contributed by atoms with van der Waals surface area (Å²) in [6, 6.07) is 0. The van der Waals surface area contributed by atoms with Gasteiger partial charge in [-0.05, 0) is 6.42 Å². The molecule has 0 spiro atoms. The molecule has 0 aliphatic heterocycles. The second kappa shape index (κ2) is 16.2. The van der Waals surface area contributed by atoms with Crippen molar-refractivity contribution in [1.29, 1.82) is 0 Å². The normalized spacial score (nSPS) is 9.79. The molecule has 0 saturated heterocycles. The molecule has 0 aliphatic carbocycles. The van der Waals surface area contributed by atoms with Gasteiger partial charge in [0.05, 0.1) is 0 Å². The van der Waals surface area contributed by atoms with E-state index in [1.54, 1.807) is 0 Å². The van der Waals surface area contributed by atoms with Crippen LogP contribution in [-0.4, -0.2) is 53.2 Å². The van der Waals surface area contributed by atoms with Crippen molar-refractivity contribution in [1.82, 2.24) is 0 Å². The van der Waals surface area contributed by atoms with Crippen molar-refractivity contribution in [3.8, 4) is 0 Å². The van der Waals surface area contributed by atoms with Crippen molar-refractivity contribution in [3.05, 3.63) is 0 Å². The summed E-state index contributed by atoms with van der Waals surface area (Å²) in [5.41, 5.74) is 0. The topological polar surface area (TPSA) is 63.6 Å². The number of carbonyl (C=O) groups excluding carboxylic acids is 2. The SMILES string of the molecule is CCCCCCCCCCCC(=O)OC(=O)CO.[Na]. The second-order valence-electron chi connectivity index (χ2n) is 4.58. The van der Waals surface area contributed by atoms with Gasteiger partial charge in [0, 0.05) is 36.0 Å². The number of carbonyl (C=O) groups is 2. The first-order valence-electron chi connectivity index (χ1n) is 7.05. The molecular formula is C14H26NaO4. The van der Waals surface area contributed by atoms with Crippen LogP contribution in [0, 0.1) is 0 Å². The van der Waals surface area contributed by atoms with Crippen LogP contribution in [0.25, 0.3) is 0 Å². The molecule has 0 bridgehead atoms. The van der Waals surface area contributed by atoms with Crippen LogP contribution in [0.15, 0.2) is 0 Å². The number of esters is 2. The van der Waals surface area contributed by atoms with Crippen molar-refractivity contribution >= 4 is 41.5 Å². The summed E-state index contributed by atoms with van der Waals surface area (Å²) in [5.74, 6) is -1.40. The molecule has 0 aliphatic rings. The molecule has 0 rings (SSSR count). The number of aliphatic hydroxyl groups is 1. The first kappa shape index (κ1) is 21.4. The molecule has 0 aromatic rings. The molecule has 4 nitrogen and oxygen atoms in total. The van der Waals surface area contributed by atoms with Crippen LogP contribution in [0.2, 0.25) is 0 Å². The molecule has 0 unspecified atom stereocenters. The quantitative estimate of drug-likeness (QED) is 0.274. The first-order chi connectivity index (χ1) is 8.70. The maximum Gasteiger partial charge on any atom is 0.339 e. The van der Waals surface area contributed by atoms with E-state index in [4.69, 9.17) is 5.11 Å². The van der Waals surface area contributed by atoms with Gasteiger partial charge in [-0.25, -0.2) is 4.79 Å². The van der Waals surface area contributed by atoms with Gasteiger partial charge in [0.25, 0.3) is 0 Å². The summed E-state index contributed by atoms with van der Waals surface area (Å²) in [5, 5.41) is 8.39. The van der Waals surface area contributed by atoms with Gasteiger partial charge in [0.2, 0.25) is 0 Å². The molecule has 5 heteroatoms. The Bertz CT molecular complexity index is 231. The van der Waals surface area contributed by atoms with E-state index in [2.05, 4.69) is 11.7 Å². The molecule has 107 valence electrons. The summed E-state index contributed by atoms with van der Waals surface area (Å²) in [7, 11) is 0. The minimum atomic E-state index is -0.865. The van der Waals surface area contributed by atoms with Gasteiger partial charge in [-0.2, -0.15) is 0 Å². The average Bonchev–Trinajstić information content (AvgIpc) is 2.36. The number of rotatable bonds is 11. The van der Waals surface area contributed by atoms with Crippen LogP contribution in [0.5, 0.6) is 0 Å². The molecule has 0 saturated carbocycles. The Balaban J connectivity index is 0. The van der Waals surface area contributed by atoms with E-state index in [1.165, 1.54) is 38.5 Å².